The van der Waals surface area contributed by atoms with Gasteiger partial charge in [0, 0.05) is 6.20 Å². The molecule has 0 amide bonds. The molecule has 0 atom stereocenters. The maximum atomic E-state index is 5.11. The Bertz CT molecular complexity index is 161. The molecule has 2 nitrogen and oxygen atoms in total. The van der Waals surface area contributed by atoms with Gasteiger partial charge in [0.1, 0.15) is 0 Å². The Labute approximate surface area is 69.1 Å². The maximum absolute atomic E-state index is 5.11. The molecule has 0 aromatic carbocycles. The van der Waals surface area contributed by atoms with Crippen molar-refractivity contribution in [3.05, 3.63) is 23.9 Å². The highest BCUT2D eigenvalue weighted by Gasteiger charge is 2.12. The van der Waals surface area contributed by atoms with E-state index < -0.39 is 0 Å². The molecule has 3 N–H and O–H groups in total. The van der Waals surface area contributed by atoms with E-state index in [2.05, 4.69) is 32.3 Å². The number of hydrogen-bond donors (Lipinski definition) is 2. The van der Waals surface area contributed by atoms with Crippen LogP contribution in [0.5, 0.6) is 0 Å². The molecular formula is C9H18N2. The van der Waals surface area contributed by atoms with Crippen LogP contribution in [-0.2, 0) is 0 Å². The number of allylic oxidation sites excluding steroid dienone is 3. The number of nitrogens with two attached hydrogens (primary N) is 1. The summed E-state index contributed by atoms with van der Waals surface area (Å²) in [6, 6.07) is 0. The van der Waals surface area contributed by atoms with Gasteiger partial charge in [0.15, 0.2) is 0 Å². The van der Waals surface area contributed by atoms with Gasteiger partial charge in [-0.25, -0.2) is 0 Å². The molecule has 0 spiro atoms. The van der Waals surface area contributed by atoms with E-state index in [0.29, 0.717) is 0 Å². The van der Waals surface area contributed by atoms with Gasteiger partial charge in [0.2, 0.25) is 0 Å². The van der Waals surface area contributed by atoms with Crippen LogP contribution in [0, 0.1) is 5.41 Å². The SMILES string of the molecule is C/C=C(\C=C/NN)C(C)(C)C. The van der Waals surface area contributed by atoms with Gasteiger partial charge >= 0.3 is 0 Å². The summed E-state index contributed by atoms with van der Waals surface area (Å²) in [7, 11) is 0. The molecular weight excluding hydrogens is 136 g/mol. The molecule has 0 fully saturated rings. The number of hydrogen-bond acceptors (Lipinski definition) is 2. The second kappa shape index (κ2) is 4.19. The summed E-state index contributed by atoms with van der Waals surface area (Å²) in [5.41, 5.74) is 3.95. The zero-order valence-corrected chi connectivity index (χ0v) is 7.81. The van der Waals surface area contributed by atoms with Crippen LogP contribution < -0.4 is 11.3 Å². The van der Waals surface area contributed by atoms with E-state index >= 15 is 0 Å². The zero-order valence-electron chi connectivity index (χ0n) is 7.81. The molecule has 0 saturated heterocycles. The van der Waals surface area contributed by atoms with E-state index in [-0.39, 0.29) is 5.41 Å². The fraction of sp³-hybridized carbons (Fsp3) is 0.556. The monoisotopic (exact) mass is 154 g/mol. The van der Waals surface area contributed by atoms with Crippen molar-refractivity contribution in [3.8, 4) is 0 Å². The van der Waals surface area contributed by atoms with Crippen LogP contribution in [0.1, 0.15) is 27.7 Å². The molecule has 0 aliphatic rings. The topological polar surface area (TPSA) is 38.0 Å². The number of hydrazine groups is 1. The average Bonchev–Trinajstić information content (AvgIpc) is 1.87. The van der Waals surface area contributed by atoms with Gasteiger partial charge in [-0.2, -0.15) is 0 Å². The lowest BCUT2D eigenvalue weighted by molar-refractivity contribution is 0.515. The second-order valence-corrected chi connectivity index (χ2v) is 3.49. The minimum absolute atomic E-state index is 0.197. The van der Waals surface area contributed by atoms with E-state index in [1.54, 1.807) is 6.20 Å². The van der Waals surface area contributed by atoms with E-state index in [1.165, 1.54) is 5.57 Å². The van der Waals surface area contributed by atoms with E-state index in [0.717, 1.165) is 0 Å². The molecule has 0 saturated carbocycles. The normalized spacial score (nSPS) is 14.1. The fourth-order valence-electron chi connectivity index (χ4n) is 0.917. The van der Waals surface area contributed by atoms with Gasteiger partial charge < -0.3 is 5.43 Å². The van der Waals surface area contributed by atoms with Crippen molar-refractivity contribution < 1.29 is 0 Å². The Morgan fingerprint density at radius 3 is 2.18 bits per heavy atom. The lowest BCUT2D eigenvalue weighted by Gasteiger charge is -2.19. The largest absolute Gasteiger partial charge is 0.331 e. The van der Waals surface area contributed by atoms with Gasteiger partial charge in [-0.3, -0.25) is 5.84 Å². The third kappa shape index (κ3) is 3.83. The summed E-state index contributed by atoms with van der Waals surface area (Å²) in [6.45, 7) is 8.54. The Morgan fingerprint density at radius 1 is 1.36 bits per heavy atom. The first-order valence-corrected chi connectivity index (χ1v) is 3.82. The first-order chi connectivity index (χ1) is 5.02. The van der Waals surface area contributed by atoms with Gasteiger partial charge in [-0.15, -0.1) is 0 Å². The maximum Gasteiger partial charge on any atom is 0.0125 e. The molecule has 0 bridgehead atoms. The molecule has 0 radical (unpaired) electrons. The number of rotatable bonds is 2. The predicted octanol–water partition coefficient (Wildman–Crippen LogP) is 1.96. The highest BCUT2D eigenvalue weighted by molar-refractivity contribution is 5.23. The highest BCUT2D eigenvalue weighted by atomic mass is 15.2. The molecule has 11 heavy (non-hydrogen) atoms. The van der Waals surface area contributed by atoms with Crippen molar-refractivity contribution in [1.29, 1.82) is 0 Å². The molecule has 0 aliphatic heterocycles. The summed E-state index contributed by atoms with van der Waals surface area (Å²) >= 11 is 0. The van der Waals surface area contributed by atoms with Crippen LogP contribution in [0.2, 0.25) is 0 Å². The van der Waals surface area contributed by atoms with Crippen LogP contribution in [0.3, 0.4) is 0 Å². The first kappa shape index (κ1) is 10.2. The molecule has 2 heteroatoms. The third-order valence-corrected chi connectivity index (χ3v) is 1.54. The number of nitrogens with one attached hydrogen (secondary N) is 1. The van der Waals surface area contributed by atoms with Crippen molar-refractivity contribution in [2.75, 3.05) is 0 Å². The fourth-order valence-corrected chi connectivity index (χ4v) is 0.917. The van der Waals surface area contributed by atoms with Crippen LogP contribution in [-0.4, -0.2) is 0 Å². The molecule has 0 aromatic heterocycles. The van der Waals surface area contributed by atoms with Crippen molar-refractivity contribution in [1.82, 2.24) is 5.43 Å². The van der Waals surface area contributed by atoms with E-state index in [4.69, 9.17) is 5.84 Å². The van der Waals surface area contributed by atoms with Crippen LogP contribution in [0.15, 0.2) is 23.9 Å². The highest BCUT2D eigenvalue weighted by Crippen LogP contribution is 2.25. The Kier molecular flexibility index (Phi) is 3.90. The minimum atomic E-state index is 0.197. The summed E-state index contributed by atoms with van der Waals surface area (Å²) < 4.78 is 0. The summed E-state index contributed by atoms with van der Waals surface area (Å²) in [5, 5.41) is 0. The quantitative estimate of drug-likeness (QED) is 0.362. The molecule has 0 aromatic rings. The van der Waals surface area contributed by atoms with Gasteiger partial charge in [0.25, 0.3) is 0 Å². The van der Waals surface area contributed by atoms with Crippen molar-refractivity contribution in [2.45, 2.75) is 27.7 Å². The van der Waals surface area contributed by atoms with Gasteiger partial charge in [-0.05, 0) is 24.0 Å². The lowest BCUT2D eigenvalue weighted by atomic mass is 9.86. The Balaban J connectivity index is 4.33. The summed E-state index contributed by atoms with van der Waals surface area (Å²) in [4.78, 5) is 0. The smallest absolute Gasteiger partial charge is 0.0125 e. The van der Waals surface area contributed by atoms with Crippen molar-refractivity contribution >= 4 is 0 Å². The van der Waals surface area contributed by atoms with Crippen molar-refractivity contribution in [2.24, 2.45) is 11.3 Å². The average molecular weight is 154 g/mol. The first-order valence-electron chi connectivity index (χ1n) is 3.82. The molecule has 0 heterocycles. The molecule has 0 unspecified atom stereocenters. The lowest BCUT2D eigenvalue weighted by Crippen LogP contribution is -2.14. The molecule has 64 valence electrons. The standard InChI is InChI=1S/C9H18N2/c1-5-8(6-7-11-10)9(2,3)4/h5-7,11H,10H2,1-4H3/b7-6-,8-5+. The molecule has 0 rings (SSSR count). The summed E-state index contributed by atoms with van der Waals surface area (Å²) in [6.07, 6.45) is 5.81. The minimum Gasteiger partial charge on any atom is -0.331 e. The Hall–Kier alpha value is -0.760. The molecule has 0 aliphatic carbocycles. The van der Waals surface area contributed by atoms with Gasteiger partial charge in [-0.1, -0.05) is 26.8 Å². The summed E-state index contributed by atoms with van der Waals surface area (Å²) in [5.74, 6) is 5.11. The zero-order chi connectivity index (χ0) is 8.91. The van der Waals surface area contributed by atoms with Gasteiger partial charge in [0.05, 0.1) is 0 Å². The van der Waals surface area contributed by atoms with Crippen LogP contribution in [0.4, 0.5) is 0 Å². The van der Waals surface area contributed by atoms with Crippen molar-refractivity contribution in [3.63, 3.8) is 0 Å². The Morgan fingerprint density at radius 2 is 1.91 bits per heavy atom. The van der Waals surface area contributed by atoms with Crippen LogP contribution in [0.25, 0.3) is 0 Å². The van der Waals surface area contributed by atoms with E-state index in [1.807, 2.05) is 13.0 Å². The predicted molar refractivity (Wildman–Crippen MR) is 49.7 cm³/mol. The second-order valence-electron chi connectivity index (χ2n) is 3.49. The van der Waals surface area contributed by atoms with Crippen LogP contribution >= 0.6 is 0 Å². The third-order valence-electron chi connectivity index (χ3n) is 1.54. The van der Waals surface area contributed by atoms with E-state index in [9.17, 15) is 0 Å².